The van der Waals surface area contributed by atoms with Crippen molar-refractivity contribution in [2.24, 2.45) is 22.7 Å². The summed E-state index contributed by atoms with van der Waals surface area (Å²) in [6.45, 7) is 19.7. The minimum Gasteiger partial charge on any atom is -0.481 e. The summed E-state index contributed by atoms with van der Waals surface area (Å²) in [7, 11) is 4.29. The summed E-state index contributed by atoms with van der Waals surface area (Å²) in [6, 6.07) is 0. The van der Waals surface area contributed by atoms with Crippen molar-refractivity contribution in [1.82, 2.24) is 9.80 Å². The maximum atomic E-state index is 13.8. The van der Waals surface area contributed by atoms with Crippen LogP contribution in [0.2, 0.25) is 0 Å². The lowest BCUT2D eigenvalue weighted by atomic mass is 9.57. The zero-order chi connectivity index (χ0) is 24.7. The van der Waals surface area contributed by atoms with E-state index >= 15 is 0 Å². The molecule has 2 rings (SSSR count). The van der Waals surface area contributed by atoms with Crippen LogP contribution < -0.4 is 0 Å². The minimum atomic E-state index is -0.807. The fourth-order valence-corrected chi connectivity index (χ4v) is 5.85. The molecule has 0 aromatic heterocycles. The first-order valence-corrected chi connectivity index (χ1v) is 12.3. The lowest BCUT2D eigenvalue weighted by Crippen LogP contribution is -2.63. The maximum Gasteiger partial charge on any atom is 0.309 e. The van der Waals surface area contributed by atoms with Gasteiger partial charge in [-0.15, -0.1) is 0 Å². The smallest absolute Gasteiger partial charge is 0.309 e. The molecule has 1 N–H and O–H groups in total. The van der Waals surface area contributed by atoms with E-state index < -0.39 is 5.97 Å². The van der Waals surface area contributed by atoms with Crippen molar-refractivity contribution in [2.45, 2.75) is 105 Å². The summed E-state index contributed by atoms with van der Waals surface area (Å²) in [4.78, 5) is 29.7. The second kappa shape index (κ2) is 9.25. The summed E-state index contributed by atoms with van der Waals surface area (Å²) in [5.74, 6) is -1.07. The highest BCUT2D eigenvalue weighted by atomic mass is 16.5. The van der Waals surface area contributed by atoms with Gasteiger partial charge in [0, 0.05) is 29.5 Å². The van der Waals surface area contributed by atoms with E-state index in [0.29, 0.717) is 12.8 Å². The highest BCUT2D eigenvalue weighted by Gasteiger charge is 2.54. The largest absolute Gasteiger partial charge is 0.481 e. The van der Waals surface area contributed by atoms with Crippen molar-refractivity contribution in [3.05, 3.63) is 0 Å². The van der Waals surface area contributed by atoms with Gasteiger partial charge in [-0.05, 0) is 85.4 Å². The number of carboxylic acids is 1. The van der Waals surface area contributed by atoms with Gasteiger partial charge in [0.25, 0.3) is 0 Å². The van der Waals surface area contributed by atoms with Crippen molar-refractivity contribution < 1.29 is 19.4 Å². The first-order valence-electron chi connectivity index (χ1n) is 12.3. The Bertz CT molecular complexity index is 698. The van der Waals surface area contributed by atoms with Crippen molar-refractivity contribution in [1.29, 1.82) is 0 Å². The van der Waals surface area contributed by atoms with Gasteiger partial charge in [-0.25, -0.2) is 0 Å². The molecule has 186 valence electrons. The zero-order valence-electron chi connectivity index (χ0n) is 22.2. The van der Waals surface area contributed by atoms with Gasteiger partial charge in [0.15, 0.2) is 0 Å². The van der Waals surface area contributed by atoms with Gasteiger partial charge in [-0.1, -0.05) is 27.7 Å². The van der Waals surface area contributed by atoms with Crippen LogP contribution in [0.25, 0.3) is 0 Å². The molecular formula is C26H48N2O4. The second-order valence-corrected chi connectivity index (χ2v) is 12.4. The molecule has 0 spiro atoms. The summed E-state index contributed by atoms with van der Waals surface area (Å²) in [5.41, 5.74) is -0.475. The highest BCUT2D eigenvalue weighted by molar-refractivity contribution is 5.73. The third-order valence-corrected chi connectivity index (χ3v) is 10.2. The van der Waals surface area contributed by atoms with Crippen LogP contribution in [0.3, 0.4) is 0 Å². The molecule has 6 nitrogen and oxygen atoms in total. The average molecular weight is 453 g/mol. The fraction of sp³-hybridized carbons (Fsp3) is 0.923. The van der Waals surface area contributed by atoms with E-state index in [0.717, 1.165) is 25.9 Å². The first-order chi connectivity index (χ1) is 14.5. The quantitative estimate of drug-likeness (QED) is 0.566. The lowest BCUT2D eigenvalue weighted by Gasteiger charge is -2.58. The van der Waals surface area contributed by atoms with Gasteiger partial charge in [0.05, 0.1) is 5.92 Å². The van der Waals surface area contributed by atoms with Crippen LogP contribution in [-0.4, -0.2) is 71.2 Å². The van der Waals surface area contributed by atoms with Crippen LogP contribution in [0, 0.1) is 22.7 Å². The number of likely N-dealkylation sites (tertiary alicyclic amines) is 2. The van der Waals surface area contributed by atoms with E-state index in [9.17, 15) is 14.7 Å². The van der Waals surface area contributed by atoms with Crippen molar-refractivity contribution >= 4 is 11.9 Å². The van der Waals surface area contributed by atoms with Crippen LogP contribution in [0.15, 0.2) is 0 Å². The van der Waals surface area contributed by atoms with Crippen LogP contribution in [0.1, 0.15) is 87.5 Å². The molecule has 2 fully saturated rings. The van der Waals surface area contributed by atoms with Gasteiger partial charge in [-0.3, -0.25) is 9.59 Å². The Labute approximate surface area is 196 Å². The normalized spacial score (nSPS) is 30.4. The SMILES string of the molecule is CN1CCC(OC(=O)C(CCCC(=O)O)C2CCN(C)C(C)(C)C2(C)C)C(C)(C)C1(C)C. The standard InChI is InChI=1S/C26H48N2O4/c1-23(2)19(14-16-27(9)25(23,5)6)18(12-11-13-21(29)30)22(31)32-20-15-17-28(10)26(7,8)24(20,3)4/h18-20H,11-17H2,1-10H3,(H,29,30). The highest BCUT2D eigenvalue weighted by Crippen LogP contribution is 2.51. The molecule has 2 aliphatic heterocycles. The molecular weight excluding hydrogens is 404 g/mol. The van der Waals surface area contributed by atoms with E-state index in [-0.39, 0.29) is 52.2 Å². The molecule has 3 atom stereocenters. The van der Waals surface area contributed by atoms with Crippen LogP contribution >= 0.6 is 0 Å². The van der Waals surface area contributed by atoms with E-state index in [1.165, 1.54) is 0 Å². The number of hydrogen-bond donors (Lipinski definition) is 1. The molecule has 2 heterocycles. The topological polar surface area (TPSA) is 70.1 Å². The molecule has 0 aliphatic carbocycles. The average Bonchev–Trinajstić information content (AvgIpc) is 2.66. The van der Waals surface area contributed by atoms with Gasteiger partial charge in [0.1, 0.15) is 6.10 Å². The number of carbonyl (C=O) groups excluding carboxylic acids is 1. The van der Waals surface area contributed by atoms with E-state index in [1.54, 1.807) is 0 Å². The van der Waals surface area contributed by atoms with Crippen LogP contribution in [0.5, 0.6) is 0 Å². The molecule has 0 aromatic rings. The minimum absolute atomic E-state index is 0.0734. The number of carbonyl (C=O) groups is 2. The molecule has 0 aromatic carbocycles. The monoisotopic (exact) mass is 452 g/mol. The van der Waals surface area contributed by atoms with E-state index in [2.05, 4.69) is 79.3 Å². The fourth-order valence-electron chi connectivity index (χ4n) is 5.85. The van der Waals surface area contributed by atoms with Gasteiger partial charge in [-0.2, -0.15) is 0 Å². The summed E-state index contributed by atoms with van der Waals surface area (Å²) in [5, 5.41) is 9.18. The van der Waals surface area contributed by atoms with Crippen molar-refractivity contribution in [3.63, 3.8) is 0 Å². The lowest BCUT2D eigenvalue weighted by molar-refractivity contribution is -0.184. The Kier molecular flexibility index (Phi) is 7.83. The molecule has 2 aliphatic rings. The number of piperidine rings is 2. The number of ether oxygens (including phenoxy) is 1. The predicted octanol–water partition coefficient (Wildman–Crippen LogP) is 4.67. The Hall–Kier alpha value is -1.14. The van der Waals surface area contributed by atoms with Crippen molar-refractivity contribution in [3.8, 4) is 0 Å². The zero-order valence-corrected chi connectivity index (χ0v) is 22.2. The van der Waals surface area contributed by atoms with Crippen molar-refractivity contribution in [2.75, 3.05) is 27.2 Å². The molecule has 2 saturated heterocycles. The number of aliphatic carboxylic acids is 1. The van der Waals surface area contributed by atoms with Gasteiger partial charge < -0.3 is 19.6 Å². The number of rotatable bonds is 7. The second-order valence-electron chi connectivity index (χ2n) is 12.4. The number of carboxylic acid groups (broad SMARTS) is 1. The number of hydrogen-bond acceptors (Lipinski definition) is 5. The maximum absolute atomic E-state index is 13.8. The third-order valence-electron chi connectivity index (χ3n) is 10.2. The molecule has 0 amide bonds. The van der Waals surface area contributed by atoms with E-state index in [1.807, 2.05) is 0 Å². The molecule has 6 heteroatoms. The molecule has 0 saturated carbocycles. The summed E-state index contributed by atoms with van der Waals surface area (Å²) < 4.78 is 6.33. The predicted molar refractivity (Wildman–Crippen MR) is 129 cm³/mol. The third kappa shape index (κ3) is 4.72. The molecule has 0 bridgehead atoms. The van der Waals surface area contributed by atoms with E-state index in [4.69, 9.17) is 4.74 Å². The Morgan fingerprint density at radius 2 is 1.41 bits per heavy atom. The number of nitrogens with zero attached hydrogens (tertiary/aromatic N) is 2. The van der Waals surface area contributed by atoms with Gasteiger partial charge >= 0.3 is 11.9 Å². The van der Waals surface area contributed by atoms with Gasteiger partial charge in [0.2, 0.25) is 0 Å². The Balaban J connectivity index is 2.30. The van der Waals surface area contributed by atoms with Crippen LogP contribution in [0.4, 0.5) is 0 Å². The molecule has 3 unspecified atom stereocenters. The summed E-state index contributed by atoms with van der Waals surface area (Å²) in [6.07, 6.45) is 2.75. The van der Waals surface area contributed by atoms with Crippen LogP contribution in [-0.2, 0) is 14.3 Å². The first kappa shape index (κ1) is 27.1. The Morgan fingerprint density at radius 1 is 0.906 bits per heavy atom. The number of esters is 1. The summed E-state index contributed by atoms with van der Waals surface area (Å²) >= 11 is 0. The molecule has 32 heavy (non-hydrogen) atoms. The Morgan fingerprint density at radius 3 is 1.94 bits per heavy atom. The molecule has 0 radical (unpaired) electrons.